The highest BCUT2D eigenvalue weighted by Crippen LogP contribution is 2.20. The van der Waals surface area contributed by atoms with Crippen LogP contribution in [0.15, 0.2) is 24.3 Å². The zero-order chi connectivity index (χ0) is 16.2. The molecule has 4 heteroatoms. The van der Waals surface area contributed by atoms with Gasteiger partial charge in [-0.25, -0.2) is 0 Å². The first-order valence-corrected chi connectivity index (χ1v) is 8.00. The molecule has 120 valence electrons. The van der Waals surface area contributed by atoms with Gasteiger partial charge in [-0.05, 0) is 36.0 Å². The number of carbonyl (C=O) groups is 2. The molecule has 0 bridgehead atoms. The lowest BCUT2D eigenvalue weighted by atomic mass is 9.92. The lowest BCUT2D eigenvalue weighted by molar-refractivity contribution is -0.129. The zero-order valence-electron chi connectivity index (χ0n) is 13.8. The minimum Gasteiger partial charge on any atom is -0.342 e. The third-order valence-electron chi connectivity index (χ3n) is 3.74. The maximum absolute atomic E-state index is 12.1. The molecule has 0 spiro atoms. The minimum absolute atomic E-state index is 0.0217. The summed E-state index contributed by atoms with van der Waals surface area (Å²) in [7, 11) is 0. The van der Waals surface area contributed by atoms with Crippen molar-refractivity contribution in [1.29, 1.82) is 0 Å². The minimum atomic E-state index is -0.0217. The molecule has 2 rings (SSSR count). The smallest absolute Gasteiger partial charge is 0.226 e. The van der Waals surface area contributed by atoms with E-state index in [-0.39, 0.29) is 17.2 Å². The molecule has 4 nitrogen and oxygen atoms in total. The van der Waals surface area contributed by atoms with Gasteiger partial charge in [0.1, 0.15) is 0 Å². The van der Waals surface area contributed by atoms with Crippen molar-refractivity contribution in [1.82, 2.24) is 4.90 Å². The maximum Gasteiger partial charge on any atom is 0.226 e. The average molecular weight is 302 g/mol. The summed E-state index contributed by atoms with van der Waals surface area (Å²) in [6.07, 6.45) is 3.16. The van der Waals surface area contributed by atoms with E-state index in [2.05, 4.69) is 5.32 Å². The predicted molar refractivity (Wildman–Crippen MR) is 88.7 cm³/mol. The molecule has 1 aromatic carbocycles. The van der Waals surface area contributed by atoms with Crippen LogP contribution in [0.25, 0.3) is 0 Å². The lowest BCUT2D eigenvalue weighted by Gasteiger charge is -2.17. The van der Waals surface area contributed by atoms with Gasteiger partial charge in [-0.1, -0.05) is 32.9 Å². The van der Waals surface area contributed by atoms with E-state index in [0.29, 0.717) is 12.8 Å². The first-order valence-electron chi connectivity index (χ1n) is 8.00. The van der Waals surface area contributed by atoms with E-state index in [1.807, 2.05) is 49.9 Å². The number of hydrogen-bond acceptors (Lipinski definition) is 2. The normalized spacial score (nSPS) is 15.0. The van der Waals surface area contributed by atoms with Gasteiger partial charge >= 0.3 is 0 Å². The molecule has 1 aliphatic heterocycles. The van der Waals surface area contributed by atoms with Crippen LogP contribution in [-0.2, 0) is 16.0 Å². The number of amides is 2. The number of anilines is 1. The molecule has 1 aromatic rings. The molecule has 0 aliphatic carbocycles. The monoisotopic (exact) mass is 302 g/mol. The largest absolute Gasteiger partial charge is 0.342 e. The predicted octanol–water partition coefficient (Wildman–Crippen LogP) is 3.23. The van der Waals surface area contributed by atoms with Crippen molar-refractivity contribution in [2.24, 2.45) is 5.41 Å². The molecule has 0 atom stereocenters. The Morgan fingerprint density at radius 2 is 1.68 bits per heavy atom. The summed E-state index contributed by atoms with van der Waals surface area (Å²) in [6, 6.07) is 7.57. The summed E-state index contributed by atoms with van der Waals surface area (Å²) in [5.74, 6) is 0.218. The van der Waals surface area contributed by atoms with Gasteiger partial charge < -0.3 is 10.2 Å². The van der Waals surface area contributed by atoms with Crippen molar-refractivity contribution < 1.29 is 9.59 Å². The number of benzene rings is 1. The van der Waals surface area contributed by atoms with Gasteiger partial charge in [0.15, 0.2) is 0 Å². The molecule has 0 saturated carbocycles. The fourth-order valence-corrected chi connectivity index (χ4v) is 2.65. The van der Waals surface area contributed by atoms with Crippen LogP contribution < -0.4 is 5.32 Å². The lowest BCUT2D eigenvalue weighted by Crippen LogP contribution is -2.29. The summed E-state index contributed by atoms with van der Waals surface area (Å²) in [5, 5.41) is 2.90. The highest BCUT2D eigenvalue weighted by molar-refractivity contribution is 5.91. The van der Waals surface area contributed by atoms with Crippen molar-refractivity contribution in [2.45, 2.75) is 46.5 Å². The molecule has 0 radical (unpaired) electrons. The van der Waals surface area contributed by atoms with Crippen LogP contribution in [0.4, 0.5) is 5.69 Å². The Labute approximate surface area is 132 Å². The number of hydrogen-bond donors (Lipinski definition) is 1. The first-order chi connectivity index (χ1) is 10.3. The van der Waals surface area contributed by atoms with Gasteiger partial charge in [-0.2, -0.15) is 0 Å². The molecular formula is C18H26N2O2. The van der Waals surface area contributed by atoms with Crippen molar-refractivity contribution >= 4 is 17.5 Å². The third kappa shape index (κ3) is 5.17. The fourth-order valence-electron chi connectivity index (χ4n) is 2.65. The van der Waals surface area contributed by atoms with Gasteiger partial charge in [-0.15, -0.1) is 0 Å². The SMILES string of the molecule is CC(C)(C)CC(=O)Nc1ccc(CC(=O)N2CCCC2)cc1. The van der Waals surface area contributed by atoms with Crippen LogP contribution in [0, 0.1) is 5.41 Å². The summed E-state index contributed by atoms with van der Waals surface area (Å²) in [5.41, 5.74) is 1.75. The molecule has 0 aromatic heterocycles. The Hall–Kier alpha value is -1.84. The number of likely N-dealkylation sites (tertiary alicyclic amines) is 1. The van der Waals surface area contributed by atoms with E-state index in [0.717, 1.165) is 37.2 Å². The number of nitrogens with one attached hydrogen (secondary N) is 1. The van der Waals surface area contributed by atoms with Crippen LogP contribution in [0.1, 0.15) is 45.6 Å². The van der Waals surface area contributed by atoms with Gasteiger partial charge in [0.2, 0.25) is 11.8 Å². The summed E-state index contributed by atoms with van der Waals surface area (Å²) < 4.78 is 0. The standard InChI is InChI=1S/C18H26N2O2/c1-18(2,3)13-16(21)19-15-8-6-14(7-9-15)12-17(22)20-10-4-5-11-20/h6-9H,4-5,10-13H2,1-3H3,(H,19,21). The van der Waals surface area contributed by atoms with E-state index >= 15 is 0 Å². The first kappa shape index (κ1) is 16.5. The number of carbonyl (C=O) groups excluding carboxylic acids is 2. The van der Waals surface area contributed by atoms with Crippen LogP contribution >= 0.6 is 0 Å². The molecule has 1 saturated heterocycles. The quantitative estimate of drug-likeness (QED) is 0.928. The molecule has 1 N–H and O–H groups in total. The Balaban J connectivity index is 1.87. The molecule has 1 fully saturated rings. The highest BCUT2D eigenvalue weighted by atomic mass is 16.2. The highest BCUT2D eigenvalue weighted by Gasteiger charge is 2.18. The van der Waals surface area contributed by atoms with Crippen molar-refractivity contribution in [3.05, 3.63) is 29.8 Å². The third-order valence-corrected chi connectivity index (χ3v) is 3.74. The van der Waals surface area contributed by atoms with Gasteiger partial charge in [0.25, 0.3) is 0 Å². The Morgan fingerprint density at radius 1 is 1.09 bits per heavy atom. The second kappa shape index (κ2) is 6.95. The molecular weight excluding hydrogens is 276 g/mol. The zero-order valence-corrected chi connectivity index (χ0v) is 13.8. The molecule has 1 heterocycles. The maximum atomic E-state index is 12.1. The Kier molecular flexibility index (Phi) is 5.22. The van der Waals surface area contributed by atoms with E-state index in [1.165, 1.54) is 0 Å². The second-order valence-corrected chi connectivity index (χ2v) is 7.25. The van der Waals surface area contributed by atoms with Gasteiger partial charge in [0.05, 0.1) is 6.42 Å². The average Bonchev–Trinajstić information content (AvgIpc) is 2.92. The Morgan fingerprint density at radius 3 is 2.23 bits per heavy atom. The van der Waals surface area contributed by atoms with Crippen LogP contribution in [0.5, 0.6) is 0 Å². The van der Waals surface area contributed by atoms with Crippen molar-refractivity contribution in [3.63, 3.8) is 0 Å². The molecule has 22 heavy (non-hydrogen) atoms. The fraction of sp³-hybridized carbons (Fsp3) is 0.556. The number of nitrogens with zero attached hydrogens (tertiary/aromatic N) is 1. The molecule has 0 unspecified atom stereocenters. The summed E-state index contributed by atoms with van der Waals surface area (Å²) in [6.45, 7) is 7.90. The summed E-state index contributed by atoms with van der Waals surface area (Å²) in [4.78, 5) is 25.9. The van der Waals surface area contributed by atoms with E-state index in [4.69, 9.17) is 0 Å². The van der Waals surface area contributed by atoms with Gasteiger partial charge in [-0.3, -0.25) is 9.59 Å². The van der Waals surface area contributed by atoms with Crippen molar-refractivity contribution in [3.8, 4) is 0 Å². The molecule has 1 aliphatic rings. The second-order valence-electron chi connectivity index (χ2n) is 7.25. The van der Waals surface area contributed by atoms with E-state index in [1.54, 1.807) is 0 Å². The Bertz CT molecular complexity index is 523. The van der Waals surface area contributed by atoms with Crippen LogP contribution in [0.2, 0.25) is 0 Å². The van der Waals surface area contributed by atoms with Crippen LogP contribution in [-0.4, -0.2) is 29.8 Å². The van der Waals surface area contributed by atoms with Crippen molar-refractivity contribution in [2.75, 3.05) is 18.4 Å². The van der Waals surface area contributed by atoms with Gasteiger partial charge in [0, 0.05) is 25.2 Å². The van der Waals surface area contributed by atoms with E-state index < -0.39 is 0 Å². The summed E-state index contributed by atoms with van der Waals surface area (Å²) >= 11 is 0. The topological polar surface area (TPSA) is 49.4 Å². The van der Waals surface area contributed by atoms with Crippen LogP contribution in [0.3, 0.4) is 0 Å². The van der Waals surface area contributed by atoms with E-state index in [9.17, 15) is 9.59 Å². The molecule has 2 amide bonds. The number of rotatable bonds is 4.